The number of carbonyl (C=O) groups is 1. The lowest BCUT2D eigenvalue weighted by molar-refractivity contribution is -0.121. The number of amides is 1. The van der Waals surface area contributed by atoms with E-state index in [-0.39, 0.29) is 11.9 Å². The fraction of sp³-hybridized carbons (Fsp3) is 0.591. The van der Waals surface area contributed by atoms with Crippen molar-refractivity contribution < 1.29 is 4.79 Å². The van der Waals surface area contributed by atoms with Crippen LogP contribution in [0.3, 0.4) is 0 Å². The van der Waals surface area contributed by atoms with E-state index in [9.17, 15) is 4.79 Å². The maximum Gasteiger partial charge on any atom is 0.225 e. The summed E-state index contributed by atoms with van der Waals surface area (Å²) in [6, 6.07) is 4.67. The average molecular weight is 414 g/mol. The molecule has 7 heteroatoms. The Morgan fingerprint density at radius 1 is 1.14 bits per heavy atom. The standard InChI is InChI=1S/C22H31N5OS/c1-27(2)21-18-7-3-4-8-19(18)25-22(26-21)24-16-11-9-15(10-12-16)23-20(28)14-17-6-5-13-29-17/h5-6,13,15-16H,3-4,7-12,14H2,1-2H3,(H,23,28)(H,24,25,26). The summed E-state index contributed by atoms with van der Waals surface area (Å²) in [6.45, 7) is 0. The van der Waals surface area contributed by atoms with Crippen LogP contribution in [0.15, 0.2) is 17.5 Å². The van der Waals surface area contributed by atoms with E-state index in [0.29, 0.717) is 12.5 Å². The van der Waals surface area contributed by atoms with E-state index in [0.717, 1.165) is 55.2 Å². The van der Waals surface area contributed by atoms with Gasteiger partial charge in [-0.05, 0) is 62.8 Å². The molecule has 0 radical (unpaired) electrons. The molecule has 2 aliphatic rings. The lowest BCUT2D eigenvalue weighted by Gasteiger charge is -2.30. The molecule has 0 bridgehead atoms. The summed E-state index contributed by atoms with van der Waals surface area (Å²) in [5.41, 5.74) is 2.54. The maximum atomic E-state index is 12.2. The van der Waals surface area contributed by atoms with Crippen molar-refractivity contribution in [3.63, 3.8) is 0 Å². The van der Waals surface area contributed by atoms with E-state index >= 15 is 0 Å². The Morgan fingerprint density at radius 3 is 2.62 bits per heavy atom. The highest BCUT2D eigenvalue weighted by molar-refractivity contribution is 7.10. The Morgan fingerprint density at radius 2 is 1.90 bits per heavy atom. The molecular formula is C22H31N5OS. The number of fused-ring (bicyclic) bond motifs is 1. The molecule has 29 heavy (non-hydrogen) atoms. The van der Waals surface area contributed by atoms with Crippen LogP contribution in [0, 0.1) is 0 Å². The van der Waals surface area contributed by atoms with Gasteiger partial charge in [0.1, 0.15) is 5.82 Å². The fourth-order valence-corrected chi connectivity index (χ4v) is 5.13. The van der Waals surface area contributed by atoms with Crippen molar-refractivity contribution in [3.8, 4) is 0 Å². The van der Waals surface area contributed by atoms with Crippen LogP contribution in [0.25, 0.3) is 0 Å². The molecule has 2 heterocycles. The zero-order chi connectivity index (χ0) is 20.2. The number of thiophene rings is 1. The van der Waals surface area contributed by atoms with Crippen LogP contribution in [-0.2, 0) is 24.1 Å². The van der Waals surface area contributed by atoms with Crippen molar-refractivity contribution >= 4 is 29.0 Å². The summed E-state index contributed by atoms with van der Waals surface area (Å²) < 4.78 is 0. The molecule has 1 saturated carbocycles. The molecule has 0 aliphatic heterocycles. The third kappa shape index (κ3) is 5.07. The molecule has 0 saturated heterocycles. The topological polar surface area (TPSA) is 70.2 Å². The molecule has 2 aromatic rings. The molecule has 2 N–H and O–H groups in total. The van der Waals surface area contributed by atoms with Gasteiger partial charge in [0.2, 0.25) is 11.9 Å². The quantitative estimate of drug-likeness (QED) is 0.758. The van der Waals surface area contributed by atoms with Gasteiger partial charge in [-0.1, -0.05) is 6.07 Å². The molecule has 1 amide bonds. The first-order valence-corrected chi connectivity index (χ1v) is 11.6. The molecule has 0 spiro atoms. The first-order chi connectivity index (χ1) is 14.1. The third-order valence-corrected chi connectivity index (χ3v) is 6.80. The highest BCUT2D eigenvalue weighted by Gasteiger charge is 2.24. The summed E-state index contributed by atoms with van der Waals surface area (Å²) >= 11 is 1.64. The maximum absolute atomic E-state index is 12.2. The lowest BCUT2D eigenvalue weighted by Crippen LogP contribution is -2.40. The Balaban J connectivity index is 1.31. The first-order valence-electron chi connectivity index (χ1n) is 10.7. The second-order valence-electron chi connectivity index (χ2n) is 8.41. The van der Waals surface area contributed by atoms with E-state index in [2.05, 4.69) is 29.6 Å². The molecule has 4 rings (SSSR count). The van der Waals surface area contributed by atoms with Crippen LogP contribution < -0.4 is 15.5 Å². The normalized spacial score (nSPS) is 21.3. The van der Waals surface area contributed by atoms with Crippen molar-refractivity contribution in [3.05, 3.63) is 33.6 Å². The average Bonchev–Trinajstić information content (AvgIpc) is 3.21. The van der Waals surface area contributed by atoms with E-state index in [4.69, 9.17) is 9.97 Å². The molecule has 1 fully saturated rings. The molecule has 2 aromatic heterocycles. The van der Waals surface area contributed by atoms with Gasteiger partial charge < -0.3 is 15.5 Å². The van der Waals surface area contributed by atoms with Crippen LogP contribution in [0.2, 0.25) is 0 Å². The third-order valence-electron chi connectivity index (χ3n) is 5.93. The molecule has 2 aliphatic carbocycles. The predicted molar refractivity (Wildman–Crippen MR) is 119 cm³/mol. The Bertz CT molecular complexity index is 828. The fourth-order valence-electron chi connectivity index (χ4n) is 4.42. The number of hydrogen-bond acceptors (Lipinski definition) is 6. The smallest absolute Gasteiger partial charge is 0.225 e. The summed E-state index contributed by atoms with van der Waals surface area (Å²) in [5.74, 6) is 1.96. The number of carbonyl (C=O) groups excluding carboxylic acids is 1. The van der Waals surface area contributed by atoms with Gasteiger partial charge in [-0.25, -0.2) is 4.98 Å². The second kappa shape index (κ2) is 9.11. The van der Waals surface area contributed by atoms with Gasteiger partial charge in [0.15, 0.2) is 0 Å². The van der Waals surface area contributed by atoms with Crippen LogP contribution in [0.1, 0.15) is 54.7 Å². The van der Waals surface area contributed by atoms with Gasteiger partial charge in [-0.15, -0.1) is 11.3 Å². The predicted octanol–water partition coefficient (Wildman–Crippen LogP) is 3.56. The molecule has 0 unspecified atom stereocenters. The van der Waals surface area contributed by atoms with Crippen molar-refractivity contribution in [1.29, 1.82) is 0 Å². The van der Waals surface area contributed by atoms with Gasteiger partial charge >= 0.3 is 0 Å². The molecule has 0 aromatic carbocycles. The summed E-state index contributed by atoms with van der Waals surface area (Å²) in [5, 5.41) is 8.80. The molecule has 0 atom stereocenters. The monoisotopic (exact) mass is 413 g/mol. The zero-order valence-corrected chi connectivity index (χ0v) is 18.2. The Kier molecular flexibility index (Phi) is 6.33. The largest absolute Gasteiger partial charge is 0.362 e. The SMILES string of the molecule is CN(C)c1nc(NC2CCC(NC(=O)Cc3cccs3)CC2)nc2c1CCCC2. The number of anilines is 2. The zero-order valence-electron chi connectivity index (χ0n) is 17.4. The molecule has 6 nitrogen and oxygen atoms in total. The summed E-state index contributed by atoms with van der Waals surface area (Å²) in [7, 11) is 4.12. The number of aromatic nitrogens is 2. The van der Waals surface area contributed by atoms with E-state index in [1.807, 2.05) is 17.5 Å². The van der Waals surface area contributed by atoms with Crippen LogP contribution >= 0.6 is 11.3 Å². The van der Waals surface area contributed by atoms with E-state index in [1.54, 1.807) is 11.3 Å². The number of nitrogens with zero attached hydrogens (tertiary/aromatic N) is 3. The van der Waals surface area contributed by atoms with Gasteiger partial charge in [0, 0.05) is 36.6 Å². The van der Waals surface area contributed by atoms with Gasteiger partial charge in [-0.3, -0.25) is 4.79 Å². The Hall–Kier alpha value is -2.15. The number of hydrogen-bond donors (Lipinski definition) is 2. The lowest BCUT2D eigenvalue weighted by atomic mass is 9.91. The highest BCUT2D eigenvalue weighted by atomic mass is 32.1. The van der Waals surface area contributed by atoms with Crippen LogP contribution in [-0.4, -0.2) is 42.1 Å². The van der Waals surface area contributed by atoms with Crippen molar-refractivity contribution in [1.82, 2.24) is 15.3 Å². The van der Waals surface area contributed by atoms with Crippen LogP contribution in [0.5, 0.6) is 0 Å². The van der Waals surface area contributed by atoms with Crippen molar-refractivity contribution in [2.45, 2.75) is 69.9 Å². The van der Waals surface area contributed by atoms with E-state index < -0.39 is 0 Å². The van der Waals surface area contributed by atoms with Gasteiger partial charge in [0.05, 0.1) is 12.1 Å². The minimum Gasteiger partial charge on any atom is -0.362 e. The molecular weight excluding hydrogens is 382 g/mol. The Labute approximate surface area is 177 Å². The minimum absolute atomic E-state index is 0.137. The number of nitrogens with one attached hydrogen (secondary N) is 2. The van der Waals surface area contributed by atoms with Gasteiger partial charge in [-0.2, -0.15) is 4.98 Å². The highest BCUT2D eigenvalue weighted by Crippen LogP contribution is 2.29. The second-order valence-corrected chi connectivity index (χ2v) is 9.45. The summed E-state index contributed by atoms with van der Waals surface area (Å²) in [4.78, 5) is 25.1. The summed E-state index contributed by atoms with van der Waals surface area (Å²) in [6.07, 6.45) is 9.13. The molecule has 156 valence electrons. The van der Waals surface area contributed by atoms with Gasteiger partial charge in [0.25, 0.3) is 0 Å². The van der Waals surface area contributed by atoms with Crippen molar-refractivity contribution in [2.24, 2.45) is 0 Å². The number of rotatable bonds is 6. The first kappa shape index (κ1) is 20.1. The minimum atomic E-state index is 0.137. The van der Waals surface area contributed by atoms with Crippen LogP contribution in [0.4, 0.5) is 11.8 Å². The number of aryl methyl sites for hydroxylation is 1. The van der Waals surface area contributed by atoms with E-state index in [1.165, 1.54) is 24.1 Å². The van der Waals surface area contributed by atoms with Crippen molar-refractivity contribution in [2.75, 3.05) is 24.3 Å².